The molecular formula is C12H14O3. The number of rotatable bonds is 0. The monoisotopic (exact) mass is 206 g/mol. The maximum absolute atomic E-state index is 11.4. The van der Waals surface area contributed by atoms with Crippen LogP contribution in [0.3, 0.4) is 0 Å². The zero-order valence-electron chi connectivity index (χ0n) is 8.52. The Morgan fingerprint density at radius 1 is 0.933 bits per heavy atom. The second kappa shape index (κ2) is 3.19. The van der Waals surface area contributed by atoms with Crippen molar-refractivity contribution in [3.8, 4) is 0 Å². The van der Waals surface area contributed by atoms with E-state index in [1.54, 1.807) is 0 Å². The summed E-state index contributed by atoms with van der Waals surface area (Å²) >= 11 is 0. The van der Waals surface area contributed by atoms with Crippen LogP contribution in [0.1, 0.15) is 25.7 Å². The minimum absolute atomic E-state index is 0.103. The van der Waals surface area contributed by atoms with Crippen molar-refractivity contribution < 1.29 is 14.3 Å². The average molecular weight is 206 g/mol. The fourth-order valence-corrected chi connectivity index (χ4v) is 3.40. The highest BCUT2D eigenvalue weighted by Crippen LogP contribution is 2.55. The molecule has 0 radical (unpaired) electrons. The number of hydrogen-bond donors (Lipinski definition) is 0. The quantitative estimate of drug-likeness (QED) is 0.344. The number of carbonyl (C=O) groups is 2. The molecule has 3 heteroatoms. The third-order valence-electron chi connectivity index (χ3n) is 4.10. The molecule has 0 amide bonds. The summed E-state index contributed by atoms with van der Waals surface area (Å²) in [7, 11) is 0. The number of hydrogen-bond acceptors (Lipinski definition) is 3. The van der Waals surface area contributed by atoms with Crippen molar-refractivity contribution in [2.75, 3.05) is 0 Å². The van der Waals surface area contributed by atoms with Crippen molar-refractivity contribution in [3.05, 3.63) is 12.2 Å². The van der Waals surface area contributed by atoms with Crippen LogP contribution in [0.5, 0.6) is 0 Å². The van der Waals surface area contributed by atoms with Gasteiger partial charge in [-0.15, -0.1) is 0 Å². The van der Waals surface area contributed by atoms with E-state index in [0.29, 0.717) is 11.8 Å². The zero-order chi connectivity index (χ0) is 10.4. The lowest BCUT2D eigenvalue weighted by atomic mass is 9.54. The standard InChI is InChI=1S/C12H14O3/c13-11-9-7-5-3-1-2-4-6-8(7)10(9)12(14)15-11/h1-2,7-10H,3-6H2/b2-1-/t7-,8-,9-,10+/m0/s1. The lowest BCUT2D eigenvalue weighted by Gasteiger charge is -2.45. The lowest BCUT2D eigenvalue weighted by molar-refractivity contribution is -0.153. The lowest BCUT2D eigenvalue weighted by Crippen LogP contribution is -2.48. The molecule has 0 N–H and O–H groups in total. The molecule has 1 saturated heterocycles. The van der Waals surface area contributed by atoms with Gasteiger partial charge in [-0.2, -0.15) is 0 Å². The molecule has 0 spiro atoms. The molecule has 3 rings (SSSR count). The molecule has 1 heterocycles. The molecule has 2 fully saturated rings. The Bertz CT molecular complexity index is 313. The summed E-state index contributed by atoms with van der Waals surface area (Å²) in [6.07, 6.45) is 8.50. The van der Waals surface area contributed by atoms with Crippen molar-refractivity contribution >= 4 is 11.9 Å². The summed E-state index contributed by atoms with van der Waals surface area (Å²) in [5.74, 6) is 0.0624. The third kappa shape index (κ3) is 1.18. The van der Waals surface area contributed by atoms with Gasteiger partial charge in [0.15, 0.2) is 0 Å². The number of cyclic esters (lactones) is 2. The Hall–Kier alpha value is -1.12. The molecule has 2 aliphatic carbocycles. The molecule has 0 unspecified atom stereocenters. The van der Waals surface area contributed by atoms with E-state index in [1.165, 1.54) is 0 Å². The zero-order valence-corrected chi connectivity index (χ0v) is 8.52. The van der Waals surface area contributed by atoms with Crippen LogP contribution in [-0.4, -0.2) is 11.9 Å². The number of carbonyl (C=O) groups excluding carboxylic acids is 2. The molecule has 0 bridgehead atoms. The first-order valence-corrected chi connectivity index (χ1v) is 5.69. The number of ether oxygens (including phenoxy) is 1. The Kier molecular flexibility index (Phi) is 1.94. The molecule has 3 aliphatic rings. The van der Waals surface area contributed by atoms with Crippen molar-refractivity contribution in [2.24, 2.45) is 23.7 Å². The van der Waals surface area contributed by atoms with Gasteiger partial charge in [0.1, 0.15) is 0 Å². The predicted molar refractivity (Wildman–Crippen MR) is 52.7 cm³/mol. The molecule has 15 heavy (non-hydrogen) atoms. The Morgan fingerprint density at radius 2 is 1.40 bits per heavy atom. The Morgan fingerprint density at radius 3 is 1.87 bits per heavy atom. The largest absolute Gasteiger partial charge is 0.393 e. The second-order valence-electron chi connectivity index (χ2n) is 4.75. The van der Waals surface area contributed by atoms with Gasteiger partial charge in [-0.05, 0) is 37.5 Å². The van der Waals surface area contributed by atoms with Crippen molar-refractivity contribution in [2.45, 2.75) is 25.7 Å². The molecule has 80 valence electrons. The summed E-state index contributed by atoms with van der Waals surface area (Å²) in [4.78, 5) is 22.9. The van der Waals surface area contributed by atoms with Crippen molar-refractivity contribution in [3.63, 3.8) is 0 Å². The Labute approximate surface area is 88.5 Å². The average Bonchev–Trinajstić information content (AvgIpc) is 2.38. The maximum Gasteiger partial charge on any atom is 0.317 e. The molecule has 1 aliphatic heterocycles. The van der Waals surface area contributed by atoms with E-state index in [2.05, 4.69) is 12.2 Å². The van der Waals surface area contributed by atoms with Crippen molar-refractivity contribution in [1.29, 1.82) is 0 Å². The maximum atomic E-state index is 11.4. The highest BCUT2D eigenvalue weighted by molar-refractivity contribution is 5.98. The van der Waals surface area contributed by atoms with Gasteiger partial charge in [0.05, 0.1) is 11.8 Å². The number of allylic oxidation sites excluding steroid dienone is 2. The summed E-state index contributed by atoms with van der Waals surface area (Å²) in [5.41, 5.74) is 0. The van der Waals surface area contributed by atoms with Gasteiger partial charge in [-0.25, -0.2) is 0 Å². The molecule has 3 nitrogen and oxygen atoms in total. The van der Waals surface area contributed by atoms with E-state index >= 15 is 0 Å². The molecule has 4 atom stereocenters. The fraction of sp³-hybridized carbons (Fsp3) is 0.667. The van der Waals surface area contributed by atoms with Crippen LogP contribution in [0.2, 0.25) is 0 Å². The highest BCUT2D eigenvalue weighted by Gasteiger charge is 2.62. The topological polar surface area (TPSA) is 43.4 Å². The van der Waals surface area contributed by atoms with Crippen LogP contribution < -0.4 is 0 Å². The van der Waals surface area contributed by atoms with Crippen molar-refractivity contribution in [1.82, 2.24) is 0 Å². The smallest absolute Gasteiger partial charge is 0.317 e. The number of fused-ring (bicyclic) bond motifs is 4. The van der Waals surface area contributed by atoms with Gasteiger partial charge in [-0.3, -0.25) is 9.59 Å². The molecule has 0 aromatic carbocycles. The fourth-order valence-electron chi connectivity index (χ4n) is 3.40. The number of esters is 2. The van der Waals surface area contributed by atoms with E-state index < -0.39 is 0 Å². The molecule has 1 saturated carbocycles. The summed E-state index contributed by atoms with van der Waals surface area (Å²) in [6.45, 7) is 0. The van der Waals surface area contributed by atoms with Crippen LogP contribution >= 0.6 is 0 Å². The summed E-state index contributed by atoms with van der Waals surface area (Å²) in [6, 6.07) is 0. The minimum Gasteiger partial charge on any atom is -0.393 e. The molecular weight excluding hydrogens is 192 g/mol. The van der Waals surface area contributed by atoms with Gasteiger partial charge in [-0.1, -0.05) is 12.2 Å². The first kappa shape index (κ1) is 9.13. The predicted octanol–water partition coefficient (Wildman–Crippen LogP) is 1.68. The van der Waals surface area contributed by atoms with Crippen LogP contribution in [0.25, 0.3) is 0 Å². The first-order valence-electron chi connectivity index (χ1n) is 5.69. The Balaban J connectivity index is 1.84. The normalized spacial score (nSPS) is 45.6. The molecule has 0 aromatic heterocycles. The van der Waals surface area contributed by atoms with Gasteiger partial charge in [0.2, 0.25) is 0 Å². The van der Waals surface area contributed by atoms with E-state index in [9.17, 15) is 9.59 Å². The highest BCUT2D eigenvalue weighted by atomic mass is 16.6. The van der Waals surface area contributed by atoms with Crippen LogP contribution in [0.15, 0.2) is 12.2 Å². The summed E-state index contributed by atoms with van der Waals surface area (Å²) in [5, 5.41) is 0. The second-order valence-corrected chi connectivity index (χ2v) is 4.75. The van der Waals surface area contributed by atoms with Gasteiger partial charge in [0.25, 0.3) is 0 Å². The van der Waals surface area contributed by atoms with Crippen LogP contribution in [-0.2, 0) is 14.3 Å². The SMILES string of the molecule is O=C1OC(=O)[C@H]2[C@H]3CC/C=C\CC[C@@H]3[C@@H]12. The van der Waals surface area contributed by atoms with E-state index in [-0.39, 0.29) is 23.8 Å². The van der Waals surface area contributed by atoms with Gasteiger partial charge < -0.3 is 4.74 Å². The van der Waals surface area contributed by atoms with E-state index in [4.69, 9.17) is 4.74 Å². The first-order chi connectivity index (χ1) is 7.29. The third-order valence-corrected chi connectivity index (χ3v) is 4.10. The van der Waals surface area contributed by atoms with E-state index in [0.717, 1.165) is 25.7 Å². The summed E-state index contributed by atoms with van der Waals surface area (Å²) < 4.78 is 4.72. The minimum atomic E-state index is -0.268. The molecule has 0 aromatic rings. The van der Waals surface area contributed by atoms with Crippen LogP contribution in [0, 0.1) is 23.7 Å². The van der Waals surface area contributed by atoms with Gasteiger partial charge >= 0.3 is 11.9 Å². The van der Waals surface area contributed by atoms with Crippen LogP contribution in [0.4, 0.5) is 0 Å². The van der Waals surface area contributed by atoms with E-state index in [1.807, 2.05) is 0 Å². The van der Waals surface area contributed by atoms with Gasteiger partial charge in [0, 0.05) is 0 Å².